The maximum absolute atomic E-state index is 13.6. The first-order valence-electron chi connectivity index (χ1n) is 10.8. The summed E-state index contributed by atoms with van der Waals surface area (Å²) in [7, 11) is 1.59. The van der Waals surface area contributed by atoms with E-state index in [9.17, 15) is 9.59 Å². The molecule has 0 saturated heterocycles. The molecule has 0 radical (unpaired) electrons. The molecule has 1 aromatic heterocycles. The molecule has 0 spiro atoms. The van der Waals surface area contributed by atoms with Gasteiger partial charge in [-0.1, -0.05) is 60.3 Å². The van der Waals surface area contributed by atoms with Gasteiger partial charge in [0.15, 0.2) is 5.16 Å². The number of fused-ring (bicyclic) bond motifs is 1. The normalized spacial score (nSPS) is 14.1. The quantitative estimate of drug-likeness (QED) is 0.327. The average molecular weight is 458 g/mol. The Bertz CT molecular complexity index is 1370. The van der Waals surface area contributed by atoms with Crippen molar-refractivity contribution in [1.82, 2.24) is 14.9 Å². The van der Waals surface area contributed by atoms with Crippen molar-refractivity contribution >= 4 is 28.6 Å². The lowest BCUT2D eigenvalue weighted by Gasteiger charge is -2.19. The van der Waals surface area contributed by atoms with Gasteiger partial charge in [0.05, 0.1) is 23.7 Å². The highest BCUT2D eigenvalue weighted by Gasteiger charge is 2.30. The lowest BCUT2D eigenvalue weighted by molar-refractivity contribution is -0.120. The highest BCUT2D eigenvalue weighted by atomic mass is 32.2. The summed E-state index contributed by atoms with van der Waals surface area (Å²) in [5, 5.41) is 3.53. The van der Waals surface area contributed by atoms with E-state index in [1.165, 1.54) is 11.8 Å². The molecule has 0 aliphatic heterocycles. The van der Waals surface area contributed by atoms with Gasteiger partial charge in [0, 0.05) is 12.1 Å². The number of aromatic nitrogens is 2. The Balaban J connectivity index is 1.66. The van der Waals surface area contributed by atoms with Crippen LogP contribution in [0.5, 0.6) is 5.75 Å². The monoisotopic (exact) mass is 457 g/mol. The molecule has 6 nitrogen and oxygen atoms in total. The fourth-order valence-corrected chi connectivity index (χ4v) is 4.80. The maximum Gasteiger partial charge on any atom is 0.266 e. The first-order chi connectivity index (χ1) is 16.1. The SMILES string of the molecule is COc1cccc(-n2c(SC(C(=O)NC3CC3)c3ccccc3)nc3ccccc3c2=O)c1. The molecule has 1 unspecified atom stereocenters. The van der Waals surface area contributed by atoms with Crippen LogP contribution in [0, 0.1) is 0 Å². The molecule has 3 aromatic carbocycles. The number of benzene rings is 3. The van der Waals surface area contributed by atoms with Crippen LogP contribution in [-0.4, -0.2) is 28.6 Å². The molecule has 1 N–H and O–H groups in total. The maximum atomic E-state index is 13.6. The summed E-state index contributed by atoms with van der Waals surface area (Å²) in [5.41, 5.74) is 1.90. The van der Waals surface area contributed by atoms with Crippen LogP contribution in [0.15, 0.2) is 88.8 Å². The molecule has 5 rings (SSSR count). The van der Waals surface area contributed by atoms with Gasteiger partial charge in [0.2, 0.25) is 5.91 Å². The van der Waals surface area contributed by atoms with E-state index in [4.69, 9.17) is 9.72 Å². The molecule has 1 atom stereocenters. The summed E-state index contributed by atoms with van der Waals surface area (Å²) in [4.78, 5) is 31.6. The van der Waals surface area contributed by atoms with Crippen LogP contribution in [0.1, 0.15) is 23.7 Å². The summed E-state index contributed by atoms with van der Waals surface area (Å²) < 4.78 is 6.94. The lowest BCUT2D eigenvalue weighted by Crippen LogP contribution is -2.30. The average Bonchev–Trinajstić information content (AvgIpc) is 3.67. The number of nitrogens with zero attached hydrogens (tertiary/aromatic N) is 2. The number of amides is 1. The van der Waals surface area contributed by atoms with Gasteiger partial charge in [-0.15, -0.1) is 0 Å². The van der Waals surface area contributed by atoms with E-state index in [-0.39, 0.29) is 17.5 Å². The third-order valence-corrected chi connectivity index (χ3v) is 6.75. The Morgan fingerprint density at radius 2 is 1.82 bits per heavy atom. The van der Waals surface area contributed by atoms with Gasteiger partial charge in [-0.25, -0.2) is 4.98 Å². The van der Waals surface area contributed by atoms with E-state index < -0.39 is 5.25 Å². The van der Waals surface area contributed by atoms with Crippen molar-refractivity contribution in [3.05, 3.63) is 94.8 Å². The molecule has 4 aromatic rings. The highest BCUT2D eigenvalue weighted by Crippen LogP contribution is 2.36. The zero-order valence-electron chi connectivity index (χ0n) is 18.1. The number of carbonyl (C=O) groups is 1. The first-order valence-corrected chi connectivity index (χ1v) is 11.7. The summed E-state index contributed by atoms with van der Waals surface area (Å²) in [6, 6.07) is 24.4. The number of nitrogens with one attached hydrogen (secondary N) is 1. The number of thioether (sulfide) groups is 1. The number of hydrogen-bond acceptors (Lipinski definition) is 5. The van der Waals surface area contributed by atoms with E-state index in [1.54, 1.807) is 23.8 Å². The molecule has 1 saturated carbocycles. The van der Waals surface area contributed by atoms with Gasteiger partial charge in [-0.2, -0.15) is 0 Å². The first kappa shape index (κ1) is 21.3. The van der Waals surface area contributed by atoms with E-state index in [0.29, 0.717) is 27.5 Å². The minimum Gasteiger partial charge on any atom is -0.497 e. The predicted octanol–water partition coefficient (Wildman–Crippen LogP) is 4.51. The van der Waals surface area contributed by atoms with Gasteiger partial charge in [0.1, 0.15) is 11.0 Å². The van der Waals surface area contributed by atoms with Crippen molar-refractivity contribution in [2.45, 2.75) is 29.3 Å². The van der Waals surface area contributed by atoms with Crippen molar-refractivity contribution in [2.75, 3.05) is 7.11 Å². The summed E-state index contributed by atoms with van der Waals surface area (Å²) in [6.45, 7) is 0. The van der Waals surface area contributed by atoms with E-state index in [1.807, 2.05) is 66.7 Å². The van der Waals surface area contributed by atoms with E-state index in [0.717, 1.165) is 18.4 Å². The summed E-state index contributed by atoms with van der Waals surface area (Å²) in [5.74, 6) is 0.558. The van der Waals surface area contributed by atoms with E-state index >= 15 is 0 Å². The van der Waals surface area contributed by atoms with E-state index in [2.05, 4.69) is 5.32 Å². The minimum absolute atomic E-state index is 0.0756. The smallest absolute Gasteiger partial charge is 0.266 e. The zero-order chi connectivity index (χ0) is 22.8. The van der Waals surface area contributed by atoms with Gasteiger partial charge in [-0.05, 0) is 42.7 Å². The van der Waals surface area contributed by atoms with Crippen LogP contribution in [0.3, 0.4) is 0 Å². The lowest BCUT2D eigenvalue weighted by atomic mass is 10.1. The zero-order valence-corrected chi connectivity index (χ0v) is 18.9. The number of methoxy groups -OCH3 is 1. The molecule has 7 heteroatoms. The molecule has 1 fully saturated rings. The molecular weight excluding hydrogens is 434 g/mol. The Morgan fingerprint density at radius 3 is 2.58 bits per heavy atom. The van der Waals surface area contributed by atoms with Crippen LogP contribution >= 0.6 is 11.8 Å². The summed E-state index contributed by atoms with van der Waals surface area (Å²) in [6.07, 6.45) is 2.00. The second-order valence-electron chi connectivity index (χ2n) is 7.95. The minimum atomic E-state index is -0.545. The molecule has 33 heavy (non-hydrogen) atoms. The van der Waals surface area contributed by atoms with Gasteiger partial charge in [-0.3, -0.25) is 14.2 Å². The Kier molecular flexibility index (Phi) is 5.88. The number of ether oxygens (including phenoxy) is 1. The highest BCUT2D eigenvalue weighted by molar-refractivity contribution is 8.00. The Hall–Kier alpha value is -3.58. The Morgan fingerprint density at radius 1 is 1.06 bits per heavy atom. The largest absolute Gasteiger partial charge is 0.497 e. The number of para-hydroxylation sites is 1. The van der Waals surface area contributed by atoms with Crippen LogP contribution in [0.2, 0.25) is 0 Å². The molecule has 1 aliphatic carbocycles. The standard InChI is InChI=1S/C26H23N3O3S/c1-32-20-11-7-10-19(16-20)29-25(31)21-12-5-6-13-22(21)28-26(29)33-23(17-8-3-2-4-9-17)24(30)27-18-14-15-18/h2-13,16,18,23H,14-15H2,1H3,(H,27,30). The van der Waals surface area contributed by atoms with Crippen molar-refractivity contribution in [1.29, 1.82) is 0 Å². The third kappa shape index (κ3) is 4.50. The Labute approximate surface area is 195 Å². The second-order valence-corrected chi connectivity index (χ2v) is 9.02. The van der Waals surface area contributed by atoms with Crippen molar-refractivity contribution < 1.29 is 9.53 Å². The van der Waals surface area contributed by atoms with Crippen LogP contribution < -0.4 is 15.6 Å². The summed E-state index contributed by atoms with van der Waals surface area (Å²) >= 11 is 1.28. The molecule has 166 valence electrons. The fraction of sp³-hybridized carbons (Fsp3) is 0.192. The molecule has 1 aliphatic rings. The van der Waals surface area contributed by atoms with Crippen LogP contribution in [-0.2, 0) is 4.79 Å². The fourth-order valence-electron chi connectivity index (χ4n) is 3.68. The van der Waals surface area contributed by atoms with Crippen molar-refractivity contribution in [3.63, 3.8) is 0 Å². The van der Waals surface area contributed by atoms with Crippen LogP contribution in [0.4, 0.5) is 0 Å². The van der Waals surface area contributed by atoms with Crippen molar-refractivity contribution in [2.24, 2.45) is 0 Å². The molecular formula is C26H23N3O3S. The van der Waals surface area contributed by atoms with Crippen LogP contribution in [0.25, 0.3) is 16.6 Å². The molecule has 1 heterocycles. The number of rotatable bonds is 7. The van der Waals surface area contributed by atoms with Gasteiger partial charge in [0.25, 0.3) is 5.56 Å². The third-order valence-electron chi connectivity index (χ3n) is 5.54. The number of carbonyl (C=O) groups excluding carboxylic acids is 1. The molecule has 0 bridgehead atoms. The van der Waals surface area contributed by atoms with Gasteiger partial charge < -0.3 is 10.1 Å². The topological polar surface area (TPSA) is 73.2 Å². The molecule has 1 amide bonds. The second kappa shape index (κ2) is 9.11. The number of hydrogen-bond donors (Lipinski definition) is 1. The van der Waals surface area contributed by atoms with Gasteiger partial charge >= 0.3 is 0 Å². The van der Waals surface area contributed by atoms with Crippen molar-refractivity contribution in [3.8, 4) is 11.4 Å². The predicted molar refractivity (Wildman–Crippen MR) is 130 cm³/mol.